The van der Waals surface area contributed by atoms with E-state index in [-0.39, 0.29) is 12.3 Å². The smallest absolute Gasteiger partial charge is 0.269 e. The maximum atomic E-state index is 10.8. The van der Waals surface area contributed by atoms with Gasteiger partial charge in [0.2, 0.25) is 0 Å². The van der Waals surface area contributed by atoms with Crippen molar-refractivity contribution in [1.82, 2.24) is 5.43 Å². The minimum absolute atomic E-state index is 0.0355. The molecule has 0 aromatic heterocycles. The molecule has 3 aromatic carbocycles. The van der Waals surface area contributed by atoms with Crippen molar-refractivity contribution in [2.24, 2.45) is 5.10 Å². The van der Waals surface area contributed by atoms with E-state index in [1.165, 1.54) is 12.1 Å². The number of rotatable bonds is 12. The number of hydrogen-bond acceptors (Lipinski definition) is 8. The number of hydrazone groups is 1. The van der Waals surface area contributed by atoms with Gasteiger partial charge < -0.3 is 24.4 Å². The summed E-state index contributed by atoms with van der Waals surface area (Å²) in [6, 6.07) is 15.6. The Hall–Kier alpha value is -3.79. The Balaban J connectivity index is 1.66. The van der Waals surface area contributed by atoms with E-state index < -0.39 is 4.92 Å². The number of hydrogen-bond donors (Lipinski definition) is 1. The zero-order valence-electron chi connectivity index (χ0n) is 19.6. The molecule has 0 heterocycles. The average molecular weight is 544 g/mol. The van der Waals surface area contributed by atoms with Crippen LogP contribution in [0.25, 0.3) is 0 Å². The molecule has 3 rings (SSSR count). The molecule has 35 heavy (non-hydrogen) atoms. The van der Waals surface area contributed by atoms with E-state index in [1.54, 1.807) is 32.6 Å². The Kier molecular flexibility index (Phi) is 9.31. The van der Waals surface area contributed by atoms with E-state index in [0.717, 1.165) is 16.7 Å². The first-order chi connectivity index (χ1) is 16.9. The van der Waals surface area contributed by atoms with Gasteiger partial charge in [-0.3, -0.25) is 10.1 Å². The normalized spacial score (nSPS) is 10.7. The number of halogens is 1. The minimum atomic E-state index is -0.433. The summed E-state index contributed by atoms with van der Waals surface area (Å²) in [6.45, 7) is 3.09. The molecule has 0 spiro atoms. The molecular formula is C25H26BrN3O6. The fraction of sp³-hybridized carbons (Fsp3) is 0.240. The van der Waals surface area contributed by atoms with Crippen LogP contribution in [-0.4, -0.2) is 32.0 Å². The third-order valence-corrected chi connectivity index (χ3v) is 5.49. The van der Waals surface area contributed by atoms with Gasteiger partial charge in [-0.15, -0.1) is 0 Å². The van der Waals surface area contributed by atoms with Crippen LogP contribution >= 0.6 is 15.9 Å². The summed E-state index contributed by atoms with van der Waals surface area (Å²) in [4.78, 5) is 10.4. The van der Waals surface area contributed by atoms with Crippen LogP contribution in [0, 0.1) is 10.1 Å². The summed E-state index contributed by atoms with van der Waals surface area (Å²) in [6.07, 6.45) is 1.69. The lowest BCUT2D eigenvalue weighted by Crippen LogP contribution is -2.06. The Bertz CT molecular complexity index is 1180. The van der Waals surface area contributed by atoms with Crippen molar-refractivity contribution in [3.63, 3.8) is 0 Å². The van der Waals surface area contributed by atoms with Gasteiger partial charge in [0.25, 0.3) is 5.69 Å². The summed E-state index contributed by atoms with van der Waals surface area (Å²) in [7, 11) is 3.20. The molecule has 0 fully saturated rings. The number of methoxy groups -OCH3 is 2. The number of nitro groups is 1. The number of ether oxygens (including phenoxy) is 4. The van der Waals surface area contributed by atoms with Gasteiger partial charge in [-0.1, -0.05) is 6.07 Å². The lowest BCUT2D eigenvalue weighted by molar-refractivity contribution is -0.384. The highest BCUT2D eigenvalue weighted by atomic mass is 79.9. The molecule has 0 aliphatic rings. The van der Waals surface area contributed by atoms with Gasteiger partial charge in [-0.2, -0.15) is 5.10 Å². The molecule has 0 amide bonds. The van der Waals surface area contributed by atoms with Crippen LogP contribution in [0.15, 0.2) is 64.2 Å². The SMILES string of the molecule is CCOc1cc(/C=N/NCc2ccc(OC)c(OC)c2)cc(Br)c1OCc1ccc([N+](=O)[O-])cc1. The second-order valence-electron chi connectivity index (χ2n) is 7.26. The molecular weight excluding hydrogens is 518 g/mol. The van der Waals surface area contributed by atoms with Gasteiger partial charge >= 0.3 is 0 Å². The van der Waals surface area contributed by atoms with E-state index >= 15 is 0 Å². The van der Waals surface area contributed by atoms with E-state index in [1.807, 2.05) is 37.3 Å². The van der Waals surface area contributed by atoms with Gasteiger partial charge in [0.05, 0.1) is 43.0 Å². The van der Waals surface area contributed by atoms with Crippen LogP contribution in [-0.2, 0) is 13.2 Å². The second kappa shape index (κ2) is 12.6. The molecule has 0 bridgehead atoms. The summed E-state index contributed by atoms with van der Waals surface area (Å²) in [5, 5.41) is 15.1. The number of nitrogens with one attached hydrogen (secondary N) is 1. The van der Waals surface area contributed by atoms with Crippen molar-refractivity contribution in [3.8, 4) is 23.0 Å². The van der Waals surface area contributed by atoms with Crippen LogP contribution in [0.3, 0.4) is 0 Å². The summed E-state index contributed by atoms with van der Waals surface area (Å²) < 4.78 is 23.0. The van der Waals surface area contributed by atoms with Gasteiger partial charge in [0.1, 0.15) is 6.61 Å². The van der Waals surface area contributed by atoms with Crippen LogP contribution < -0.4 is 24.4 Å². The van der Waals surface area contributed by atoms with Gasteiger partial charge in [-0.05, 0) is 75.9 Å². The molecule has 0 saturated carbocycles. The Morgan fingerprint density at radius 3 is 2.34 bits per heavy atom. The molecule has 0 aliphatic carbocycles. The maximum Gasteiger partial charge on any atom is 0.269 e. The van der Waals surface area contributed by atoms with Crippen LogP contribution in [0.4, 0.5) is 5.69 Å². The molecule has 184 valence electrons. The quantitative estimate of drug-likeness (QED) is 0.183. The van der Waals surface area contributed by atoms with Crippen molar-refractivity contribution >= 4 is 27.8 Å². The molecule has 0 atom stereocenters. The maximum absolute atomic E-state index is 10.8. The van der Waals surface area contributed by atoms with E-state index in [2.05, 4.69) is 26.5 Å². The minimum Gasteiger partial charge on any atom is -0.493 e. The highest BCUT2D eigenvalue weighted by Gasteiger charge is 2.13. The predicted molar refractivity (Wildman–Crippen MR) is 137 cm³/mol. The van der Waals surface area contributed by atoms with Crippen molar-refractivity contribution in [3.05, 3.63) is 85.9 Å². The lowest BCUT2D eigenvalue weighted by atomic mass is 10.2. The Labute approximate surface area is 211 Å². The summed E-state index contributed by atoms with van der Waals surface area (Å²) in [5.74, 6) is 2.43. The van der Waals surface area contributed by atoms with Crippen molar-refractivity contribution in [2.75, 3.05) is 20.8 Å². The lowest BCUT2D eigenvalue weighted by Gasteiger charge is -2.14. The first kappa shape index (κ1) is 25.8. The number of non-ortho nitro benzene ring substituents is 1. The van der Waals surface area contributed by atoms with Gasteiger partial charge in [-0.25, -0.2) is 0 Å². The van der Waals surface area contributed by atoms with E-state index in [0.29, 0.717) is 40.6 Å². The van der Waals surface area contributed by atoms with Crippen molar-refractivity contribution < 1.29 is 23.9 Å². The number of benzene rings is 3. The molecule has 3 aromatic rings. The van der Waals surface area contributed by atoms with E-state index in [9.17, 15) is 10.1 Å². The fourth-order valence-electron chi connectivity index (χ4n) is 3.18. The zero-order valence-corrected chi connectivity index (χ0v) is 21.2. The first-order valence-electron chi connectivity index (χ1n) is 10.7. The largest absolute Gasteiger partial charge is 0.493 e. The second-order valence-corrected chi connectivity index (χ2v) is 8.11. The number of nitrogens with zero attached hydrogens (tertiary/aromatic N) is 2. The van der Waals surface area contributed by atoms with Crippen molar-refractivity contribution in [2.45, 2.75) is 20.1 Å². The molecule has 0 saturated heterocycles. The summed E-state index contributed by atoms with van der Waals surface area (Å²) >= 11 is 3.55. The highest BCUT2D eigenvalue weighted by Crippen LogP contribution is 2.37. The van der Waals surface area contributed by atoms with Crippen molar-refractivity contribution in [1.29, 1.82) is 0 Å². The topological polar surface area (TPSA) is 104 Å². The summed E-state index contributed by atoms with van der Waals surface area (Å²) in [5.41, 5.74) is 5.66. The molecule has 0 radical (unpaired) electrons. The predicted octanol–water partition coefficient (Wildman–Crippen LogP) is 5.48. The van der Waals surface area contributed by atoms with Gasteiger partial charge in [0, 0.05) is 12.1 Å². The zero-order chi connectivity index (χ0) is 25.2. The molecule has 0 unspecified atom stereocenters. The van der Waals surface area contributed by atoms with E-state index in [4.69, 9.17) is 18.9 Å². The van der Waals surface area contributed by atoms with Gasteiger partial charge in [0.15, 0.2) is 23.0 Å². The monoisotopic (exact) mass is 543 g/mol. The fourth-order valence-corrected chi connectivity index (χ4v) is 3.76. The third-order valence-electron chi connectivity index (χ3n) is 4.90. The highest BCUT2D eigenvalue weighted by molar-refractivity contribution is 9.10. The average Bonchev–Trinajstić information content (AvgIpc) is 2.86. The van der Waals surface area contributed by atoms with Crippen LogP contribution in [0.1, 0.15) is 23.6 Å². The Morgan fingerprint density at radius 1 is 0.971 bits per heavy atom. The van der Waals surface area contributed by atoms with Crippen LogP contribution in [0.2, 0.25) is 0 Å². The number of nitro benzene ring substituents is 1. The molecule has 0 aliphatic heterocycles. The molecule has 1 N–H and O–H groups in total. The molecule has 10 heteroatoms. The third kappa shape index (κ3) is 7.10. The first-order valence-corrected chi connectivity index (χ1v) is 11.5. The molecule has 9 nitrogen and oxygen atoms in total. The Morgan fingerprint density at radius 2 is 1.69 bits per heavy atom. The van der Waals surface area contributed by atoms with Crippen LogP contribution in [0.5, 0.6) is 23.0 Å². The standard InChI is InChI=1S/C25H26BrN3O6/c1-4-34-24-13-19(15-28-27-14-18-7-10-22(32-2)23(12-18)33-3)11-21(26)25(24)35-16-17-5-8-20(9-6-17)29(30)31/h5-13,15,27H,4,14,16H2,1-3H3/b28-15+.